The predicted octanol–water partition coefficient (Wildman–Crippen LogP) is 21.3. The number of fused-ring (bicyclic) bond motifs is 28. The van der Waals surface area contributed by atoms with Gasteiger partial charge in [0.15, 0.2) is 23.3 Å². The molecule has 17 rings (SSSR count). The molecule has 2 aliphatic rings. The maximum Gasteiger partial charge on any atom is 0.164 e. The van der Waals surface area contributed by atoms with E-state index in [0.717, 1.165) is 86.9 Å². The first-order valence-corrected chi connectivity index (χ1v) is 30.9. The number of hydrogen-bond acceptors (Lipinski definition) is 6. The van der Waals surface area contributed by atoms with E-state index in [0.29, 0.717) is 45.9 Å². The van der Waals surface area contributed by atoms with E-state index in [1.165, 1.54) is 65.3 Å². The lowest BCUT2D eigenvalue weighted by atomic mass is 9.85. The molecule has 0 saturated heterocycles. The number of benzene rings is 12. The predicted molar refractivity (Wildman–Crippen MR) is 371 cm³/mol. The Bertz CT molecular complexity index is 5490. The molecule has 15 aromatic rings. The van der Waals surface area contributed by atoms with Crippen molar-refractivity contribution in [3.05, 3.63) is 192 Å². The van der Waals surface area contributed by atoms with E-state index in [9.17, 15) is 0 Å². The van der Waals surface area contributed by atoms with E-state index in [-0.39, 0.29) is 21.7 Å². The fourth-order valence-corrected chi connectivity index (χ4v) is 13.6. The highest BCUT2D eigenvalue weighted by atomic mass is 15.1. The molecule has 426 valence electrons. The van der Waals surface area contributed by atoms with Crippen molar-refractivity contribution in [2.45, 2.75) is 105 Å². The Hall–Kier alpha value is -9.92. The van der Waals surface area contributed by atoms with Crippen molar-refractivity contribution < 1.29 is 0 Å². The molecule has 0 amide bonds. The average molecular weight is 1140 g/mol. The molecule has 0 aliphatic carbocycles. The van der Waals surface area contributed by atoms with E-state index < -0.39 is 0 Å². The maximum atomic E-state index is 5.62. The molecule has 2 aliphatic heterocycles. The minimum absolute atomic E-state index is 0.00273. The lowest BCUT2D eigenvalue weighted by Gasteiger charge is -2.19. The van der Waals surface area contributed by atoms with Gasteiger partial charge in [0, 0.05) is 43.8 Å². The summed E-state index contributed by atoms with van der Waals surface area (Å²) in [5.74, 6) is 2.26. The number of H-pyrrole nitrogens is 2. The summed E-state index contributed by atoms with van der Waals surface area (Å²) < 4.78 is 0. The number of rotatable bonds is 0. The van der Waals surface area contributed by atoms with Crippen LogP contribution in [0.2, 0.25) is 0 Å². The van der Waals surface area contributed by atoms with Crippen LogP contribution in [0.4, 0.5) is 0 Å². The molecule has 0 spiro atoms. The Kier molecular flexibility index (Phi) is 10.6. The first-order chi connectivity index (χ1) is 41.9. The Balaban J connectivity index is 0.996. The second kappa shape index (κ2) is 17.9. The summed E-state index contributed by atoms with van der Waals surface area (Å²) in [5, 5.41) is 22.1. The zero-order valence-corrected chi connectivity index (χ0v) is 51.8. The van der Waals surface area contributed by atoms with E-state index in [4.69, 9.17) is 29.9 Å². The molecule has 2 N–H and O–H groups in total. The monoisotopic (exact) mass is 1140 g/mol. The second-order valence-corrected chi connectivity index (χ2v) is 29.2. The Morgan fingerprint density at radius 2 is 0.398 bits per heavy atom. The van der Waals surface area contributed by atoms with Crippen LogP contribution < -0.4 is 0 Å². The van der Waals surface area contributed by atoms with E-state index >= 15 is 0 Å². The van der Waals surface area contributed by atoms with Crippen LogP contribution >= 0.6 is 0 Å². The van der Waals surface area contributed by atoms with Gasteiger partial charge in [-0.25, -0.2) is 29.9 Å². The van der Waals surface area contributed by atoms with Gasteiger partial charge in [-0.2, -0.15) is 0 Å². The summed E-state index contributed by atoms with van der Waals surface area (Å²) in [6.45, 7) is 27.2. The van der Waals surface area contributed by atoms with Gasteiger partial charge in [-0.15, -0.1) is 0 Å². The molecule has 0 atom stereocenters. The van der Waals surface area contributed by atoms with Crippen molar-refractivity contribution in [3.63, 3.8) is 0 Å². The largest absolute Gasteiger partial charge is 0.324 e. The van der Waals surface area contributed by atoms with Gasteiger partial charge in [0.05, 0.1) is 0 Å². The number of aromatic amines is 2. The van der Waals surface area contributed by atoms with Crippen LogP contribution in [0.3, 0.4) is 0 Å². The molecule has 0 saturated carbocycles. The van der Waals surface area contributed by atoms with Gasteiger partial charge < -0.3 is 9.97 Å². The Labute approximate surface area is 509 Å². The minimum atomic E-state index is 0.00273. The summed E-state index contributed by atoms with van der Waals surface area (Å²) in [7, 11) is 0. The third-order valence-electron chi connectivity index (χ3n) is 18.9. The molecular formula is C80H66N8. The molecule has 8 heteroatoms. The van der Waals surface area contributed by atoms with Crippen LogP contribution in [-0.4, -0.2) is 39.9 Å². The third-order valence-corrected chi connectivity index (χ3v) is 18.9. The van der Waals surface area contributed by atoms with Gasteiger partial charge in [-0.05, 0) is 227 Å². The Morgan fingerprint density at radius 3 is 0.614 bits per heavy atom. The molecular weight excluding hydrogens is 1070 g/mol. The number of nitrogens with zero attached hydrogens (tertiary/aromatic N) is 6. The van der Waals surface area contributed by atoms with Crippen LogP contribution in [-0.2, 0) is 21.7 Å². The average Bonchev–Trinajstić information content (AvgIpc) is 1.75. The SMILES string of the molecule is CC(C)(C)c1ccc2cc3cc4c(cc3cc2c1)-c1nc-4nc2[nH]c(nc3nc(nc4[nH]c(n1)c1cc5cc6ccc(C(C)(C)C)cc6cc5cc41)-c1cc4cc5ccc(C(C)(C)C)cc5cc4cc1-3)c1cc3cc4ccc(C(C)(C)C)cc4cc3cc21. The fraction of sp³-hybridized carbons (Fsp3) is 0.200. The zero-order chi connectivity index (χ0) is 60.2. The number of aromatic nitrogens is 8. The van der Waals surface area contributed by atoms with Gasteiger partial charge in [-0.1, -0.05) is 156 Å². The van der Waals surface area contributed by atoms with Gasteiger partial charge in [0.1, 0.15) is 22.6 Å². The first kappa shape index (κ1) is 52.4. The molecule has 0 fully saturated rings. The summed E-state index contributed by atoms with van der Waals surface area (Å²) >= 11 is 0. The van der Waals surface area contributed by atoms with Crippen LogP contribution in [0.15, 0.2) is 170 Å². The van der Waals surface area contributed by atoms with Crippen molar-refractivity contribution in [3.8, 4) is 45.6 Å². The second-order valence-electron chi connectivity index (χ2n) is 29.2. The van der Waals surface area contributed by atoms with E-state index in [1.54, 1.807) is 0 Å². The van der Waals surface area contributed by atoms with Crippen LogP contribution in [0, 0.1) is 0 Å². The fourth-order valence-electron chi connectivity index (χ4n) is 13.6. The van der Waals surface area contributed by atoms with Crippen LogP contribution in [0.5, 0.6) is 0 Å². The number of nitrogens with one attached hydrogen (secondary N) is 2. The molecule has 0 radical (unpaired) electrons. The molecule has 8 bridgehead atoms. The Morgan fingerprint density at radius 1 is 0.205 bits per heavy atom. The van der Waals surface area contributed by atoms with Crippen LogP contribution in [0.25, 0.3) is 176 Å². The van der Waals surface area contributed by atoms with Crippen LogP contribution in [0.1, 0.15) is 105 Å². The quantitative estimate of drug-likeness (QED) is 0.146. The molecule has 5 heterocycles. The number of hydrogen-bond donors (Lipinski definition) is 2. The van der Waals surface area contributed by atoms with Gasteiger partial charge >= 0.3 is 0 Å². The molecule has 3 aromatic heterocycles. The highest BCUT2D eigenvalue weighted by Gasteiger charge is 2.26. The van der Waals surface area contributed by atoms with E-state index in [2.05, 4.69) is 263 Å². The van der Waals surface area contributed by atoms with Gasteiger partial charge in [-0.3, -0.25) is 0 Å². The lowest BCUT2D eigenvalue weighted by Crippen LogP contribution is -2.10. The molecule has 0 unspecified atom stereocenters. The van der Waals surface area contributed by atoms with E-state index in [1.807, 2.05) is 0 Å². The summed E-state index contributed by atoms with van der Waals surface area (Å²) in [4.78, 5) is 41.1. The topological polar surface area (TPSA) is 109 Å². The van der Waals surface area contributed by atoms with Crippen molar-refractivity contribution in [2.75, 3.05) is 0 Å². The molecule has 88 heavy (non-hydrogen) atoms. The summed E-state index contributed by atoms with van der Waals surface area (Å²) in [5.41, 5.74) is 11.4. The normalized spacial score (nSPS) is 13.2. The first-order valence-electron chi connectivity index (χ1n) is 30.9. The van der Waals surface area contributed by atoms with Gasteiger partial charge in [0.25, 0.3) is 0 Å². The van der Waals surface area contributed by atoms with Crippen molar-refractivity contribution in [1.82, 2.24) is 39.9 Å². The highest BCUT2D eigenvalue weighted by Crippen LogP contribution is 2.44. The summed E-state index contributed by atoms with van der Waals surface area (Å²) in [6.07, 6.45) is 0. The summed E-state index contributed by atoms with van der Waals surface area (Å²) in [6, 6.07) is 64.0. The highest BCUT2D eigenvalue weighted by molar-refractivity contribution is 6.16. The maximum absolute atomic E-state index is 5.62. The minimum Gasteiger partial charge on any atom is -0.324 e. The standard InChI is InChI=1S/C80H66N8/c1-77(2,3)57-17-13-41-21-49-33-61-65(37-53(49)25-45(41)29-57)73-81-69(61)86-74-67-39-55-27-47-31-59(79(7,8)9)19-15-43(47)23-51(55)35-63(67)71(83-74)88-76-68-40-56-28-48-32-60(80(10,11)12)20-16-44(48)24-52(56)36-64(68)72(84-76)87-75-66-38-54-26-46-30-58(78(4,5)6)18-14-42(46)22-50(54)34-62(66)70(82-75)85-73/h13-40H,1-12H3,(H2,81,82,83,84,85,86,87,88). The molecule has 12 aromatic carbocycles. The van der Waals surface area contributed by atoms with Crippen molar-refractivity contribution in [2.24, 2.45) is 0 Å². The van der Waals surface area contributed by atoms with Gasteiger partial charge in [0.2, 0.25) is 0 Å². The zero-order valence-electron chi connectivity index (χ0n) is 51.8. The third kappa shape index (κ3) is 8.39. The van der Waals surface area contributed by atoms with Crippen molar-refractivity contribution in [1.29, 1.82) is 0 Å². The van der Waals surface area contributed by atoms with Crippen molar-refractivity contribution >= 4 is 130 Å². The smallest absolute Gasteiger partial charge is 0.164 e. The lowest BCUT2D eigenvalue weighted by molar-refractivity contribution is 0.591. The molecule has 8 nitrogen and oxygen atoms in total.